The monoisotopic (exact) mass is 583 g/mol. The summed E-state index contributed by atoms with van der Waals surface area (Å²) in [7, 11) is 1.41. The van der Waals surface area contributed by atoms with Crippen LogP contribution in [0.5, 0.6) is 11.5 Å². The fourth-order valence-electron chi connectivity index (χ4n) is 4.04. The Kier molecular flexibility index (Phi) is 9.52. The van der Waals surface area contributed by atoms with Crippen LogP contribution in [-0.4, -0.2) is 43.7 Å². The number of hydrogen-bond acceptors (Lipinski definition) is 9. The number of ether oxygens (including phenoxy) is 3. The highest BCUT2D eigenvalue weighted by Gasteiger charge is 2.28. The van der Waals surface area contributed by atoms with E-state index in [9.17, 15) is 19.2 Å². The van der Waals surface area contributed by atoms with Gasteiger partial charge in [-0.25, -0.2) is 15.0 Å². The Hall–Kier alpha value is -4.22. The molecule has 1 aliphatic carbocycles. The lowest BCUT2D eigenvalue weighted by Crippen LogP contribution is -2.32. The highest BCUT2D eigenvalue weighted by Crippen LogP contribution is 2.38. The van der Waals surface area contributed by atoms with Gasteiger partial charge < -0.3 is 19.5 Å². The van der Waals surface area contributed by atoms with Crippen molar-refractivity contribution in [3.8, 4) is 11.5 Å². The number of hydrogen-bond donors (Lipinski definition) is 2. The van der Waals surface area contributed by atoms with E-state index in [0.717, 1.165) is 36.1 Å². The van der Waals surface area contributed by atoms with Gasteiger partial charge in [-0.2, -0.15) is 5.10 Å². The van der Waals surface area contributed by atoms with Crippen molar-refractivity contribution in [1.82, 2.24) is 5.43 Å². The number of fused-ring (bicyclic) bond motifs is 1. The van der Waals surface area contributed by atoms with Crippen LogP contribution in [0, 0.1) is 0 Å². The van der Waals surface area contributed by atoms with Crippen LogP contribution >= 0.6 is 22.9 Å². The smallest absolute Gasteiger partial charge is 0.343 e. The first-order chi connectivity index (χ1) is 19.3. The molecule has 3 aromatic rings. The Morgan fingerprint density at radius 1 is 1.00 bits per heavy atom. The number of thiophene rings is 1. The van der Waals surface area contributed by atoms with E-state index in [0.29, 0.717) is 26.7 Å². The Bertz CT molecular complexity index is 1470. The van der Waals surface area contributed by atoms with Gasteiger partial charge in [-0.05, 0) is 86.2 Å². The number of nitrogens with zero attached hydrogens (tertiary/aromatic N) is 1. The summed E-state index contributed by atoms with van der Waals surface area (Å²) in [5.41, 5.74) is 4.17. The summed E-state index contributed by atoms with van der Waals surface area (Å²) in [5, 5.41) is 7.15. The van der Waals surface area contributed by atoms with Gasteiger partial charge in [0, 0.05) is 9.90 Å². The molecule has 2 aromatic carbocycles. The van der Waals surface area contributed by atoms with Gasteiger partial charge in [-0.15, -0.1) is 11.3 Å². The quantitative estimate of drug-likeness (QED) is 0.128. The van der Waals surface area contributed by atoms with Gasteiger partial charge in [0.1, 0.15) is 5.00 Å². The molecule has 0 saturated heterocycles. The number of esters is 2. The van der Waals surface area contributed by atoms with Crippen LogP contribution in [0.1, 0.15) is 56.5 Å². The highest BCUT2D eigenvalue weighted by atomic mass is 35.5. The molecule has 1 aromatic heterocycles. The summed E-state index contributed by atoms with van der Waals surface area (Å²) in [6, 6.07) is 10.9. The molecule has 0 saturated carbocycles. The predicted octanol–water partition coefficient (Wildman–Crippen LogP) is 4.77. The molecule has 10 nitrogen and oxygen atoms in total. The molecule has 1 heterocycles. The van der Waals surface area contributed by atoms with Crippen LogP contribution in [-0.2, 0) is 27.2 Å². The van der Waals surface area contributed by atoms with Crippen molar-refractivity contribution in [2.45, 2.75) is 32.6 Å². The van der Waals surface area contributed by atoms with Crippen LogP contribution in [0.2, 0.25) is 5.02 Å². The van der Waals surface area contributed by atoms with E-state index in [2.05, 4.69) is 15.8 Å². The lowest BCUT2D eigenvalue weighted by Gasteiger charge is -2.12. The first-order valence-corrected chi connectivity index (χ1v) is 13.6. The second-order valence-corrected chi connectivity index (χ2v) is 10.1. The second-order valence-electron chi connectivity index (χ2n) is 8.60. The summed E-state index contributed by atoms with van der Waals surface area (Å²) in [5.74, 6) is -2.66. The number of hydrazone groups is 1. The largest absolute Gasteiger partial charge is 0.493 e. The van der Waals surface area contributed by atoms with Gasteiger partial charge in [-0.1, -0.05) is 11.6 Å². The Balaban J connectivity index is 1.39. The summed E-state index contributed by atoms with van der Waals surface area (Å²) >= 11 is 7.14. The van der Waals surface area contributed by atoms with Crippen molar-refractivity contribution in [3.05, 3.63) is 74.6 Å². The fourth-order valence-corrected chi connectivity index (χ4v) is 5.44. The Morgan fingerprint density at radius 2 is 1.75 bits per heavy atom. The zero-order valence-electron chi connectivity index (χ0n) is 21.7. The maximum absolute atomic E-state index is 12.6. The molecule has 12 heteroatoms. The van der Waals surface area contributed by atoms with Gasteiger partial charge in [0.05, 0.1) is 31.1 Å². The standard InChI is InChI=1S/C28H26ClN3O7S/c1-3-38-28(36)23-19-6-4-5-7-22(19)40-26(23)31-24(33)25(34)32-30-15-16-8-13-20(21(14-16)37-2)39-27(35)17-9-11-18(29)12-10-17/h8-15H,3-7H2,1-2H3,(H,31,33)(H,32,34)/b30-15-. The summed E-state index contributed by atoms with van der Waals surface area (Å²) in [6.07, 6.45) is 4.76. The van der Waals surface area contributed by atoms with Crippen molar-refractivity contribution < 1.29 is 33.4 Å². The van der Waals surface area contributed by atoms with Crippen molar-refractivity contribution in [1.29, 1.82) is 0 Å². The van der Waals surface area contributed by atoms with E-state index in [1.807, 2.05) is 0 Å². The molecule has 0 bridgehead atoms. The van der Waals surface area contributed by atoms with Crippen LogP contribution in [0.3, 0.4) is 0 Å². The zero-order valence-corrected chi connectivity index (χ0v) is 23.3. The predicted molar refractivity (Wildman–Crippen MR) is 151 cm³/mol. The number of benzene rings is 2. The molecule has 208 valence electrons. The van der Waals surface area contributed by atoms with Gasteiger partial charge in [0.2, 0.25) is 0 Å². The molecule has 0 unspecified atom stereocenters. The normalized spacial score (nSPS) is 12.4. The molecular weight excluding hydrogens is 558 g/mol. The minimum atomic E-state index is -1.02. The number of carbonyl (C=O) groups is 4. The van der Waals surface area contributed by atoms with Gasteiger partial charge in [-0.3, -0.25) is 9.59 Å². The van der Waals surface area contributed by atoms with E-state index in [1.165, 1.54) is 30.7 Å². The second kappa shape index (κ2) is 13.2. The van der Waals surface area contributed by atoms with E-state index < -0.39 is 23.8 Å². The number of nitrogens with one attached hydrogen (secondary N) is 2. The van der Waals surface area contributed by atoms with Crippen molar-refractivity contribution in [3.63, 3.8) is 0 Å². The third-order valence-corrected chi connectivity index (χ3v) is 7.39. The maximum atomic E-state index is 12.6. The highest BCUT2D eigenvalue weighted by molar-refractivity contribution is 7.17. The van der Waals surface area contributed by atoms with Crippen molar-refractivity contribution in [2.75, 3.05) is 19.0 Å². The zero-order chi connectivity index (χ0) is 28.6. The number of aryl methyl sites for hydroxylation is 1. The van der Waals surface area contributed by atoms with Crippen LogP contribution in [0.4, 0.5) is 5.00 Å². The van der Waals surface area contributed by atoms with Crippen LogP contribution < -0.4 is 20.2 Å². The molecule has 0 fully saturated rings. The third kappa shape index (κ3) is 6.85. The minimum absolute atomic E-state index is 0.180. The number of carbonyl (C=O) groups excluding carboxylic acids is 4. The van der Waals surface area contributed by atoms with Crippen LogP contribution in [0.25, 0.3) is 0 Å². The van der Waals surface area contributed by atoms with Crippen LogP contribution in [0.15, 0.2) is 47.6 Å². The minimum Gasteiger partial charge on any atom is -0.493 e. The lowest BCUT2D eigenvalue weighted by atomic mass is 9.95. The molecule has 1 aliphatic rings. The van der Waals surface area contributed by atoms with Gasteiger partial charge in [0.25, 0.3) is 0 Å². The number of anilines is 1. The van der Waals surface area contributed by atoms with E-state index in [1.54, 1.807) is 43.3 Å². The molecule has 0 atom stereocenters. The molecule has 0 spiro atoms. The van der Waals surface area contributed by atoms with Gasteiger partial charge >= 0.3 is 23.8 Å². The lowest BCUT2D eigenvalue weighted by molar-refractivity contribution is -0.136. The average molecular weight is 584 g/mol. The molecular formula is C28H26ClN3O7S. The number of rotatable bonds is 8. The molecule has 2 amide bonds. The van der Waals surface area contributed by atoms with Crippen molar-refractivity contribution >= 4 is 57.9 Å². The third-order valence-electron chi connectivity index (χ3n) is 5.93. The van der Waals surface area contributed by atoms with E-state index in [4.69, 9.17) is 25.8 Å². The SMILES string of the molecule is CCOC(=O)c1c(NC(=O)C(=O)N/N=C\c2ccc(OC(=O)c3ccc(Cl)cc3)c(OC)c2)sc2c1CCCC2. The maximum Gasteiger partial charge on any atom is 0.343 e. The van der Waals surface area contributed by atoms with E-state index >= 15 is 0 Å². The molecule has 4 rings (SSSR count). The topological polar surface area (TPSA) is 132 Å². The van der Waals surface area contributed by atoms with Gasteiger partial charge in [0.15, 0.2) is 11.5 Å². The first kappa shape index (κ1) is 28.8. The Labute approximate surface area is 239 Å². The molecule has 2 N–H and O–H groups in total. The first-order valence-electron chi connectivity index (χ1n) is 12.4. The number of amides is 2. The fraction of sp³-hybridized carbons (Fsp3) is 0.250. The van der Waals surface area contributed by atoms with Crippen molar-refractivity contribution in [2.24, 2.45) is 5.10 Å². The van der Waals surface area contributed by atoms with E-state index in [-0.39, 0.29) is 18.1 Å². The molecule has 40 heavy (non-hydrogen) atoms. The summed E-state index contributed by atoms with van der Waals surface area (Å²) in [4.78, 5) is 51.0. The summed E-state index contributed by atoms with van der Waals surface area (Å²) < 4.78 is 15.9. The Morgan fingerprint density at radius 3 is 2.48 bits per heavy atom. The number of methoxy groups -OCH3 is 1. The summed E-state index contributed by atoms with van der Waals surface area (Å²) in [6.45, 7) is 1.90. The number of halogens is 1. The molecule has 0 radical (unpaired) electrons. The molecule has 0 aliphatic heterocycles. The average Bonchev–Trinajstić information content (AvgIpc) is 3.31.